The van der Waals surface area contributed by atoms with Gasteiger partial charge >= 0.3 is 0 Å². The fraction of sp³-hybridized carbons (Fsp3) is 0.538. The first-order valence-corrected chi connectivity index (χ1v) is 6.46. The van der Waals surface area contributed by atoms with E-state index in [1.54, 1.807) is 0 Å². The van der Waals surface area contributed by atoms with Gasteiger partial charge < -0.3 is 5.32 Å². The van der Waals surface area contributed by atoms with E-state index >= 15 is 0 Å². The molecule has 0 saturated heterocycles. The summed E-state index contributed by atoms with van der Waals surface area (Å²) in [5.74, 6) is 0.914. The molecule has 0 aromatic heterocycles. The standard InChI is InChI=1S/C13H18BrN/c1-9-6-13(7-9)15-10(2)11-4-3-5-12(14)8-11/h3-5,8-10,13,15H,6-7H2,1-2H3/t9?,10-,13?/m0/s1. The minimum Gasteiger partial charge on any atom is -0.307 e. The van der Waals surface area contributed by atoms with Gasteiger partial charge in [0.15, 0.2) is 0 Å². The molecule has 1 aromatic rings. The summed E-state index contributed by atoms with van der Waals surface area (Å²) in [4.78, 5) is 0. The summed E-state index contributed by atoms with van der Waals surface area (Å²) < 4.78 is 1.16. The van der Waals surface area contributed by atoms with Gasteiger partial charge in [0.05, 0.1) is 0 Å². The maximum atomic E-state index is 3.67. The van der Waals surface area contributed by atoms with Crippen LogP contribution in [-0.2, 0) is 0 Å². The van der Waals surface area contributed by atoms with Gasteiger partial charge in [-0.15, -0.1) is 0 Å². The highest BCUT2D eigenvalue weighted by molar-refractivity contribution is 9.10. The van der Waals surface area contributed by atoms with Crippen LogP contribution >= 0.6 is 15.9 Å². The number of benzene rings is 1. The Bertz CT molecular complexity index is 331. The van der Waals surface area contributed by atoms with E-state index in [1.807, 2.05) is 0 Å². The smallest absolute Gasteiger partial charge is 0.0294 e. The summed E-state index contributed by atoms with van der Waals surface area (Å²) >= 11 is 3.51. The Balaban J connectivity index is 1.93. The first-order valence-electron chi connectivity index (χ1n) is 5.66. The fourth-order valence-electron chi connectivity index (χ4n) is 2.26. The molecule has 1 aliphatic rings. The van der Waals surface area contributed by atoms with E-state index in [0.29, 0.717) is 6.04 Å². The zero-order valence-corrected chi connectivity index (χ0v) is 10.9. The summed E-state index contributed by atoms with van der Waals surface area (Å²) in [5.41, 5.74) is 1.36. The summed E-state index contributed by atoms with van der Waals surface area (Å²) in [6, 6.07) is 9.74. The fourth-order valence-corrected chi connectivity index (χ4v) is 2.68. The van der Waals surface area contributed by atoms with Crippen molar-refractivity contribution in [3.63, 3.8) is 0 Å². The molecular weight excluding hydrogens is 250 g/mol. The van der Waals surface area contributed by atoms with Gasteiger partial charge in [0, 0.05) is 16.6 Å². The molecule has 0 unspecified atom stereocenters. The largest absolute Gasteiger partial charge is 0.307 e. The van der Waals surface area contributed by atoms with E-state index in [9.17, 15) is 0 Å². The van der Waals surface area contributed by atoms with Gasteiger partial charge in [-0.1, -0.05) is 35.0 Å². The summed E-state index contributed by atoms with van der Waals surface area (Å²) in [6.07, 6.45) is 2.66. The number of halogens is 1. The van der Waals surface area contributed by atoms with E-state index in [-0.39, 0.29) is 0 Å². The first kappa shape index (κ1) is 11.2. The molecule has 0 amide bonds. The molecule has 0 bridgehead atoms. The lowest BCUT2D eigenvalue weighted by Gasteiger charge is -2.35. The maximum Gasteiger partial charge on any atom is 0.0294 e. The topological polar surface area (TPSA) is 12.0 Å². The molecule has 1 nitrogen and oxygen atoms in total. The normalized spacial score (nSPS) is 27.1. The number of hydrogen-bond donors (Lipinski definition) is 1. The van der Waals surface area contributed by atoms with Crippen molar-refractivity contribution in [1.82, 2.24) is 5.32 Å². The van der Waals surface area contributed by atoms with Crippen molar-refractivity contribution in [2.24, 2.45) is 5.92 Å². The molecule has 82 valence electrons. The van der Waals surface area contributed by atoms with Crippen molar-refractivity contribution in [2.45, 2.75) is 38.8 Å². The van der Waals surface area contributed by atoms with Crippen LogP contribution in [0.4, 0.5) is 0 Å². The van der Waals surface area contributed by atoms with Gasteiger partial charge in [-0.25, -0.2) is 0 Å². The SMILES string of the molecule is CC1CC(N[C@@H](C)c2cccc(Br)c2)C1. The predicted molar refractivity (Wildman–Crippen MR) is 67.9 cm³/mol. The number of rotatable bonds is 3. The molecule has 1 aromatic carbocycles. The summed E-state index contributed by atoms with van der Waals surface area (Å²) in [5, 5.41) is 3.67. The summed E-state index contributed by atoms with van der Waals surface area (Å²) in [7, 11) is 0. The average Bonchev–Trinajstić information content (AvgIpc) is 2.15. The van der Waals surface area contributed by atoms with Crippen LogP contribution < -0.4 is 5.32 Å². The Morgan fingerprint density at radius 1 is 1.40 bits per heavy atom. The van der Waals surface area contributed by atoms with Gasteiger partial charge in [0.2, 0.25) is 0 Å². The number of nitrogens with one attached hydrogen (secondary N) is 1. The maximum absolute atomic E-state index is 3.67. The van der Waals surface area contributed by atoms with Crippen LogP contribution in [0.2, 0.25) is 0 Å². The van der Waals surface area contributed by atoms with Gasteiger partial charge in [0.25, 0.3) is 0 Å². The molecule has 15 heavy (non-hydrogen) atoms. The van der Waals surface area contributed by atoms with Crippen LogP contribution in [0.25, 0.3) is 0 Å². The van der Waals surface area contributed by atoms with Crippen molar-refractivity contribution < 1.29 is 0 Å². The molecule has 2 heteroatoms. The van der Waals surface area contributed by atoms with Gasteiger partial charge in [0.1, 0.15) is 0 Å². The molecule has 0 aliphatic heterocycles. The second kappa shape index (κ2) is 4.67. The third-order valence-corrected chi connectivity index (χ3v) is 3.70. The highest BCUT2D eigenvalue weighted by Crippen LogP contribution is 2.29. The lowest BCUT2D eigenvalue weighted by Crippen LogP contribution is -2.41. The first-order chi connectivity index (χ1) is 7.15. The average molecular weight is 268 g/mol. The molecule has 2 rings (SSSR count). The zero-order valence-electron chi connectivity index (χ0n) is 9.33. The zero-order chi connectivity index (χ0) is 10.8. The van der Waals surface area contributed by atoms with E-state index in [0.717, 1.165) is 16.4 Å². The lowest BCUT2D eigenvalue weighted by atomic mass is 9.81. The lowest BCUT2D eigenvalue weighted by molar-refractivity contribution is 0.226. The Hall–Kier alpha value is -0.340. The molecular formula is C13H18BrN. The van der Waals surface area contributed by atoms with Crippen molar-refractivity contribution in [3.8, 4) is 0 Å². The molecule has 1 aliphatic carbocycles. The molecule has 1 atom stereocenters. The quantitative estimate of drug-likeness (QED) is 0.876. The molecule has 1 saturated carbocycles. The van der Waals surface area contributed by atoms with Crippen LogP contribution in [0.15, 0.2) is 28.7 Å². The monoisotopic (exact) mass is 267 g/mol. The van der Waals surface area contributed by atoms with Crippen molar-refractivity contribution in [2.75, 3.05) is 0 Å². The van der Waals surface area contributed by atoms with Crippen LogP contribution in [0.1, 0.15) is 38.3 Å². The van der Waals surface area contributed by atoms with Crippen molar-refractivity contribution >= 4 is 15.9 Å². The van der Waals surface area contributed by atoms with E-state index in [4.69, 9.17) is 0 Å². The Kier molecular flexibility index (Phi) is 3.47. The minimum absolute atomic E-state index is 0.458. The van der Waals surface area contributed by atoms with E-state index in [2.05, 4.69) is 59.4 Å². The van der Waals surface area contributed by atoms with Crippen LogP contribution in [0, 0.1) is 5.92 Å². The predicted octanol–water partition coefficient (Wildman–Crippen LogP) is 3.90. The van der Waals surface area contributed by atoms with Crippen molar-refractivity contribution in [1.29, 1.82) is 0 Å². The second-order valence-electron chi connectivity index (χ2n) is 4.72. The molecule has 0 spiro atoms. The molecule has 1 fully saturated rings. The van der Waals surface area contributed by atoms with Crippen LogP contribution in [-0.4, -0.2) is 6.04 Å². The highest BCUT2D eigenvalue weighted by Gasteiger charge is 2.26. The van der Waals surface area contributed by atoms with Crippen molar-refractivity contribution in [3.05, 3.63) is 34.3 Å². The third-order valence-electron chi connectivity index (χ3n) is 3.21. The van der Waals surface area contributed by atoms with Gasteiger partial charge in [-0.2, -0.15) is 0 Å². The molecule has 0 radical (unpaired) electrons. The minimum atomic E-state index is 0.458. The molecule has 0 heterocycles. The Morgan fingerprint density at radius 2 is 2.13 bits per heavy atom. The Morgan fingerprint density at radius 3 is 2.73 bits per heavy atom. The summed E-state index contributed by atoms with van der Waals surface area (Å²) in [6.45, 7) is 4.56. The third kappa shape index (κ3) is 2.82. The second-order valence-corrected chi connectivity index (χ2v) is 5.63. The van der Waals surface area contributed by atoms with E-state index < -0.39 is 0 Å². The van der Waals surface area contributed by atoms with E-state index in [1.165, 1.54) is 18.4 Å². The van der Waals surface area contributed by atoms with Crippen LogP contribution in [0.5, 0.6) is 0 Å². The number of hydrogen-bond acceptors (Lipinski definition) is 1. The van der Waals surface area contributed by atoms with Crippen LogP contribution in [0.3, 0.4) is 0 Å². The highest BCUT2D eigenvalue weighted by atomic mass is 79.9. The van der Waals surface area contributed by atoms with Gasteiger partial charge in [-0.05, 0) is 43.4 Å². The van der Waals surface area contributed by atoms with Gasteiger partial charge in [-0.3, -0.25) is 0 Å². The molecule has 1 N–H and O–H groups in total. The Labute approximate surface area is 100 Å².